The smallest absolute Gasteiger partial charge is 0.254 e. The molecule has 0 saturated carbocycles. The lowest BCUT2D eigenvalue weighted by atomic mass is 10.3. The largest absolute Gasteiger partial charge is 0.469 e. The molecule has 1 amide bonds. The van der Waals surface area contributed by atoms with E-state index >= 15 is 0 Å². The second-order valence-corrected chi connectivity index (χ2v) is 3.21. The summed E-state index contributed by atoms with van der Waals surface area (Å²) >= 11 is 0. The molecule has 0 bridgehead atoms. The average molecular weight is 205 g/mol. The monoisotopic (exact) mass is 205 g/mol. The van der Waals surface area contributed by atoms with Crippen molar-refractivity contribution in [2.75, 3.05) is 0 Å². The summed E-state index contributed by atoms with van der Waals surface area (Å²) in [5, 5.41) is 2.74. The molecule has 15 heavy (non-hydrogen) atoms. The second kappa shape index (κ2) is 4.00. The van der Waals surface area contributed by atoms with Crippen LogP contribution in [0.1, 0.15) is 21.8 Å². The molecule has 0 radical (unpaired) electrons. The minimum Gasteiger partial charge on any atom is -0.469 e. The van der Waals surface area contributed by atoms with E-state index in [0.717, 1.165) is 11.5 Å². The second-order valence-electron chi connectivity index (χ2n) is 3.21. The first-order chi connectivity index (χ1) is 7.25. The van der Waals surface area contributed by atoms with Gasteiger partial charge in [-0.1, -0.05) is 0 Å². The molecule has 0 aliphatic rings. The zero-order valence-electron chi connectivity index (χ0n) is 8.28. The molecule has 0 aromatic carbocycles. The Kier molecular flexibility index (Phi) is 2.53. The van der Waals surface area contributed by atoms with Crippen LogP contribution in [-0.4, -0.2) is 15.9 Å². The molecule has 5 heteroatoms. The van der Waals surface area contributed by atoms with Crippen LogP contribution in [0.2, 0.25) is 0 Å². The fourth-order valence-corrected chi connectivity index (χ4v) is 1.22. The lowest BCUT2D eigenvalue weighted by Gasteiger charge is -1.99. The zero-order chi connectivity index (χ0) is 10.7. The van der Waals surface area contributed by atoms with Gasteiger partial charge in [0, 0.05) is 6.20 Å². The molecule has 0 spiro atoms. The van der Waals surface area contributed by atoms with Crippen LogP contribution in [-0.2, 0) is 6.54 Å². The molecule has 0 aliphatic heterocycles. The summed E-state index contributed by atoms with van der Waals surface area (Å²) < 4.78 is 5.04. The van der Waals surface area contributed by atoms with E-state index in [0.29, 0.717) is 12.1 Å². The van der Waals surface area contributed by atoms with E-state index in [1.807, 2.05) is 0 Å². The summed E-state index contributed by atoms with van der Waals surface area (Å²) in [7, 11) is 0. The Morgan fingerprint density at radius 2 is 2.53 bits per heavy atom. The third kappa shape index (κ3) is 2.25. The molecule has 2 aromatic heterocycles. The molecule has 78 valence electrons. The highest BCUT2D eigenvalue weighted by atomic mass is 16.3. The van der Waals surface area contributed by atoms with Crippen molar-refractivity contribution in [1.29, 1.82) is 0 Å². The Labute approximate surface area is 86.5 Å². The Bertz CT molecular complexity index is 445. The minimum absolute atomic E-state index is 0.151. The lowest BCUT2D eigenvalue weighted by Crippen LogP contribution is -2.22. The number of nitrogens with zero attached hydrogens (tertiary/aromatic N) is 1. The van der Waals surface area contributed by atoms with Crippen molar-refractivity contribution in [3.8, 4) is 0 Å². The van der Waals surface area contributed by atoms with Crippen LogP contribution in [0.15, 0.2) is 29.3 Å². The number of nitrogens with one attached hydrogen (secondary N) is 2. The van der Waals surface area contributed by atoms with Crippen LogP contribution in [0.5, 0.6) is 0 Å². The molecule has 0 aliphatic carbocycles. The zero-order valence-corrected chi connectivity index (χ0v) is 8.28. The van der Waals surface area contributed by atoms with Crippen LogP contribution in [0.25, 0.3) is 0 Å². The van der Waals surface area contributed by atoms with E-state index in [2.05, 4.69) is 15.3 Å². The quantitative estimate of drug-likeness (QED) is 0.791. The van der Waals surface area contributed by atoms with Gasteiger partial charge in [-0.25, -0.2) is 4.98 Å². The fourth-order valence-electron chi connectivity index (χ4n) is 1.22. The number of hydrogen-bond acceptors (Lipinski definition) is 3. The van der Waals surface area contributed by atoms with Gasteiger partial charge in [0.2, 0.25) is 0 Å². The van der Waals surface area contributed by atoms with Gasteiger partial charge in [0.1, 0.15) is 12.0 Å². The summed E-state index contributed by atoms with van der Waals surface area (Å²) in [4.78, 5) is 18.3. The Morgan fingerprint density at radius 3 is 3.13 bits per heavy atom. The van der Waals surface area contributed by atoms with Crippen molar-refractivity contribution in [3.05, 3.63) is 41.9 Å². The molecule has 2 rings (SSSR count). The highest BCUT2D eigenvalue weighted by Gasteiger charge is 2.07. The van der Waals surface area contributed by atoms with Gasteiger partial charge in [-0.15, -0.1) is 0 Å². The van der Waals surface area contributed by atoms with Gasteiger partial charge < -0.3 is 14.7 Å². The van der Waals surface area contributed by atoms with E-state index in [1.165, 1.54) is 6.26 Å². The molecule has 2 N–H and O–H groups in total. The first-order valence-electron chi connectivity index (χ1n) is 4.56. The molecule has 0 unspecified atom stereocenters. The van der Waals surface area contributed by atoms with Gasteiger partial charge in [0.05, 0.1) is 24.1 Å². The third-order valence-corrected chi connectivity index (χ3v) is 1.99. The maximum Gasteiger partial charge on any atom is 0.254 e. The Balaban J connectivity index is 1.93. The molecule has 2 aromatic rings. The van der Waals surface area contributed by atoms with Gasteiger partial charge in [0.15, 0.2) is 0 Å². The Morgan fingerprint density at radius 1 is 1.67 bits per heavy atom. The van der Waals surface area contributed by atoms with Crippen molar-refractivity contribution in [2.45, 2.75) is 13.5 Å². The number of hydrogen-bond donors (Lipinski definition) is 2. The predicted octanol–water partition coefficient (Wildman–Crippen LogP) is 1.24. The number of carbonyl (C=O) groups is 1. The third-order valence-electron chi connectivity index (χ3n) is 1.99. The van der Waals surface area contributed by atoms with E-state index in [-0.39, 0.29) is 5.91 Å². The van der Waals surface area contributed by atoms with Gasteiger partial charge in [-0.3, -0.25) is 4.79 Å². The molecule has 0 saturated heterocycles. The normalized spacial score (nSPS) is 10.2. The molecule has 0 fully saturated rings. The highest BCUT2D eigenvalue weighted by molar-refractivity contribution is 5.93. The van der Waals surface area contributed by atoms with Crippen LogP contribution in [0.3, 0.4) is 0 Å². The maximum absolute atomic E-state index is 11.5. The number of amides is 1. The van der Waals surface area contributed by atoms with Crippen molar-refractivity contribution >= 4 is 5.91 Å². The van der Waals surface area contributed by atoms with E-state index in [9.17, 15) is 4.79 Å². The summed E-state index contributed by atoms with van der Waals surface area (Å²) in [6.07, 6.45) is 4.68. The number of H-pyrrole nitrogens is 1. The number of aromatic nitrogens is 2. The molecular weight excluding hydrogens is 194 g/mol. The van der Waals surface area contributed by atoms with E-state index < -0.39 is 0 Å². The maximum atomic E-state index is 11.5. The van der Waals surface area contributed by atoms with Crippen LogP contribution < -0.4 is 5.32 Å². The standard InChI is InChI=1S/C10H11N3O2/c1-7-2-8(5-15-7)10(14)12-4-9-3-11-6-13-9/h2-3,5-6H,4H2,1H3,(H,11,13)(H,12,14). The lowest BCUT2D eigenvalue weighted by molar-refractivity contribution is 0.0950. The summed E-state index contributed by atoms with van der Waals surface area (Å²) in [6, 6.07) is 1.70. The number of aromatic amines is 1. The molecule has 2 heterocycles. The molecule has 5 nitrogen and oxygen atoms in total. The van der Waals surface area contributed by atoms with Crippen molar-refractivity contribution in [3.63, 3.8) is 0 Å². The molecule has 0 atom stereocenters. The fraction of sp³-hybridized carbons (Fsp3) is 0.200. The average Bonchev–Trinajstić information content (AvgIpc) is 2.84. The van der Waals surface area contributed by atoms with Gasteiger partial charge >= 0.3 is 0 Å². The predicted molar refractivity (Wildman–Crippen MR) is 53.2 cm³/mol. The minimum atomic E-state index is -0.151. The first-order valence-corrected chi connectivity index (χ1v) is 4.56. The van der Waals surface area contributed by atoms with E-state index in [4.69, 9.17) is 4.42 Å². The van der Waals surface area contributed by atoms with E-state index in [1.54, 1.807) is 25.5 Å². The van der Waals surface area contributed by atoms with Gasteiger partial charge in [0.25, 0.3) is 5.91 Å². The van der Waals surface area contributed by atoms with Crippen LogP contribution >= 0.6 is 0 Å². The van der Waals surface area contributed by atoms with Crippen molar-refractivity contribution in [1.82, 2.24) is 15.3 Å². The number of rotatable bonds is 3. The van der Waals surface area contributed by atoms with Crippen LogP contribution in [0, 0.1) is 6.92 Å². The van der Waals surface area contributed by atoms with Gasteiger partial charge in [-0.05, 0) is 13.0 Å². The Hall–Kier alpha value is -2.04. The number of aryl methyl sites for hydroxylation is 1. The SMILES string of the molecule is Cc1cc(C(=O)NCc2cnc[nH]2)co1. The first kappa shape index (κ1) is 9.51. The summed E-state index contributed by atoms with van der Waals surface area (Å²) in [5.74, 6) is 0.572. The number of furan rings is 1. The van der Waals surface area contributed by atoms with Crippen LogP contribution in [0.4, 0.5) is 0 Å². The number of imidazole rings is 1. The van der Waals surface area contributed by atoms with Crippen molar-refractivity contribution in [2.24, 2.45) is 0 Å². The molecular formula is C10H11N3O2. The van der Waals surface area contributed by atoms with Gasteiger partial charge in [-0.2, -0.15) is 0 Å². The number of carbonyl (C=O) groups excluding carboxylic acids is 1. The summed E-state index contributed by atoms with van der Waals surface area (Å²) in [6.45, 7) is 2.23. The summed E-state index contributed by atoms with van der Waals surface area (Å²) in [5.41, 5.74) is 1.40. The highest BCUT2D eigenvalue weighted by Crippen LogP contribution is 2.05. The van der Waals surface area contributed by atoms with Crippen molar-refractivity contribution < 1.29 is 9.21 Å². The topological polar surface area (TPSA) is 70.9 Å².